The Balaban J connectivity index is 2.17. The molecule has 1 aromatic rings. The first-order valence-corrected chi connectivity index (χ1v) is 7.01. The standard InChI is InChI=1S/C16H21NO2/c1-3-13-7-4-5-9-15(13)16(19)17-10-6-8-14(11-17)12(2)18/h4-5,7,9,14H,3,6,8,10-11H2,1-2H3. The number of aryl methyl sites for hydroxylation is 1. The lowest BCUT2D eigenvalue weighted by molar-refractivity contribution is -0.121. The second-order valence-corrected chi connectivity index (χ2v) is 5.21. The van der Waals surface area contributed by atoms with Crippen molar-refractivity contribution in [2.75, 3.05) is 13.1 Å². The summed E-state index contributed by atoms with van der Waals surface area (Å²) in [5, 5.41) is 0. The van der Waals surface area contributed by atoms with Gasteiger partial charge < -0.3 is 4.90 Å². The van der Waals surface area contributed by atoms with E-state index in [1.54, 1.807) is 6.92 Å². The fraction of sp³-hybridized carbons (Fsp3) is 0.500. The maximum absolute atomic E-state index is 12.6. The normalized spacial score (nSPS) is 19.3. The van der Waals surface area contributed by atoms with E-state index in [2.05, 4.69) is 6.92 Å². The first-order valence-electron chi connectivity index (χ1n) is 7.01. The van der Waals surface area contributed by atoms with Gasteiger partial charge in [-0.25, -0.2) is 0 Å². The van der Waals surface area contributed by atoms with E-state index in [9.17, 15) is 9.59 Å². The van der Waals surface area contributed by atoms with Crippen LogP contribution in [-0.2, 0) is 11.2 Å². The van der Waals surface area contributed by atoms with Gasteiger partial charge in [0.25, 0.3) is 5.91 Å². The molecular formula is C16H21NO2. The summed E-state index contributed by atoms with van der Waals surface area (Å²) in [5.41, 5.74) is 1.87. The molecule has 1 atom stereocenters. The maximum Gasteiger partial charge on any atom is 0.254 e. The predicted octanol–water partition coefficient (Wildman–Crippen LogP) is 2.69. The lowest BCUT2D eigenvalue weighted by Gasteiger charge is -2.32. The average molecular weight is 259 g/mol. The van der Waals surface area contributed by atoms with Crippen molar-refractivity contribution in [3.05, 3.63) is 35.4 Å². The number of likely N-dealkylation sites (tertiary alicyclic amines) is 1. The van der Waals surface area contributed by atoms with Crippen LogP contribution in [0.4, 0.5) is 0 Å². The van der Waals surface area contributed by atoms with E-state index in [1.807, 2.05) is 29.2 Å². The molecule has 1 aromatic carbocycles. The van der Waals surface area contributed by atoms with E-state index in [-0.39, 0.29) is 17.6 Å². The SMILES string of the molecule is CCc1ccccc1C(=O)N1CCCC(C(C)=O)C1. The largest absolute Gasteiger partial charge is 0.338 e. The third kappa shape index (κ3) is 3.03. The predicted molar refractivity (Wildman–Crippen MR) is 75.1 cm³/mol. The van der Waals surface area contributed by atoms with Crippen LogP contribution in [0.5, 0.6) is 0 Å². The van der Waals surface area contributed by atoms with Gasteiger partial charge in [0.05, 0.1) is 0 Å². The van der Waals surface area contributed by atoms with Gasteiger partial charge in [0.15, 0.2) is 0 Å². The minimum absolute atomic E-state index is 0.0199. The smallest absolute Gasteiger partial charge is 0.254 e. The minimum atomic E-state index is 0.0199. The molecule has 102 valence electrons. The van der Waals surface area contributed by atoms with Gasteiger partial charge in [-0.3, -0.25) is 9.59 Å². The summed E-state index contributed by atoms with van der Waals surface area (Å²) in [7, 11) is 0. The number of rotatable bonds is 3. The van der Waals surface area contributed by atoms with E-state index in [0.717, 1.165) is 36.9 Å². The van der Waals surface area contributed by atoms with Crippen LogP contribution in [0, 0.1) is 5.92 Å². The molecule has 1 aliphatic heterocycles. The Bertz CT molecular complexity index is 481. The lowest BCUT2D eigenvalue weighted by atomic mass is 9.93. The fourth-order valence-corrected chi connectivity index (χ4v) is 2.70. The molecule has 3 heteroatoms. The molecule has 1 saturated heterocycles. The van der Waals surface area contributed by atoms with Crippen molar-refractivity contribution in [2.45, 2.75) is 33.1 Å². The van der Waals surface area contributed by atoms with Gasteiger partial charge in [0, 0.05) is 24.6 Å². The van der Waals surface area contributed by atoms with Gasteiger partial charge in [-0.2, -0.15) is 0 Å². The molecule has 0 bridgehead atoms. The zero-order chi connectivity index (χ0) is 13.8. The van der Waals surface area contributed by atoms with Crippen molar-refractivity contribution in [1.29, 1.82) is 0 Å². The van der Waals surface area contributed by atoms with Crippen LogP contribution < -0.4 is 0 Å². The van der Waals surface area contributed by atoms with Gasteiger partial charge in [0.1, 0.15) is 5.78 Å². The summed E-state index contributed by atoms with van der Waals surface area (Å²) < 4.78 is 0. The summed E-state index contributed by atoms with van der Waals surface area (Å²) in [6, 6.07) is 7.75. The van der Waals surface area contributed by atoms with E-state index in [4.69, 9.17) is 0 Å². The van der Waals surface area contributed by atoms with Gasteiger partial charge in [0.2, 0.25) is 0 Å². The number of Topliss-reactive ketones (excluding diaryl/α,β-unsaturated/α-hetero) is 1. The highest BCUT2D eigenvalue weighted by Crippen LogP contribution is 2.20. The molecule has 0 saturated carbocycles. The van der Waals surface area contributed by atoms with Crippen LogP contribution in [-0.4, -0.2) is 29.7 Å². The van der Waals surface area contributed by atoms with Crippen LogP contribution >= 0.6 is 0 Å². The number of piperidine rings is 1. The van der Waals surface area contributed by atoms with Crippen molar-refractivity contribution in [1.82, 2.24) is 4.90 Å². The van der Waals surface area contributed by atoms with Crippen molar-refractivity contribution in [2.24, 2.45) is 5.92 Å². The number of hydrogen-bond acceptors (Lipinski definition) is 2. The van der Waals surface area contributed by atoms with Crippen molar-refractivity contribution < 1.29 is 9.59 Å². The second-order valence-electron chi connectivity index (χ2n) is 5.21. The zero-order valence-corrected chi connectivity index (χ0v) is 11.7. The van der Waals surface area contributed by atoms with Gasteiger partial charge in [-0.05, 0) is 37.8 Å². The number of amides is 1. The molecule has 1 unspecified atom stereocenters. The van der Waals surface area contributed by atoms with Crippen LogP contribution in [0.3, 0.4) is 0 Å². The first kappa shape index (κ1) is 13.8. The molecule has 0 N–H and O–H groups in total. The molecule has 2 rings (SSSR count). The zero-order valence-electron chi connectivity index (χ0n) is 11.7. The number of hydrogen-bond donors (Lipinski definition) is 0. The Kier molecular flexibility index (Phi) is 4.35. The molecule has 1 amide bonds. The first-order chi connectivity index (χ1) is 9.13. The van der Waals surface area contributed by atoms with Gasteiger partial charge in [-0.1, -0.05) is 25.1 Å². The van der Waals surface area contributed by atoms with E-state index < -0.39 is 0 Å². The highest BCUT2D eigenvalue weighted by atomic mass is 16.2. The Labute approximate surface area is 114 Å². The summed E-state index contributed by atoms with van der Waals surface area (Å²) >= 11 is 0. The van der Waals surface area contributed by atoms with Gasteiger partial charge >= 0.3 is 0 Å². The highest BCUT2D eigenvalue weighted by Gasteiger charge is 2.27. The Morgan fingerprint density at radius 1 is 1.32 bits per heavy atom. The quantitative estimate of drug-likeness (QED) is 0.837. The van der Waals surface area contributed by atoms with E-state index in [0.29, 0.717) is 6.54 Å². The number of nitrogens with zero attached hydrogens (tertiary/aromatic N) is 1. The summed E-state index contributed by atoms with van der Waals surface area (Å²) in [5.74, 6) is 0.288. The van der Waals surface area contributed by atoms with E-state index in [1.165, 1.54) is 0 Å². The molecule has 1 aliphatic rings. The topological polar surface area (TPSA) is 37.4 Å². The van der Waals surface area contributed by atoms with Crippen LogP contribution in [0.25, 0.3) is 0 Å². The lowest BCUT2D eigenvalue weighted by Crippen LogP contribution is -2.42. The number of benzene rings is 1. The van der Waals surface area contributed by atoms with Crippen LogP contribution in [0.2, 0.25) is 0 Å². The number of carbonyl (C=O) groups excluding carboxylic acids is 2. The molecular weight excluding hydrogens is 238 g/mol. The summed E-state index contributed by atoms with van der Waals surface area (Å²) in [6.45, 7) is 5.02. The molecule has 0 aromatic heterocycles. The molecule has 3 nitrogen and oxygen atoms in total. The third-order valence-corrected chi connectivity index (χ3v) is 3.91. The van der Waals surface area contributed by atoms with Crippen molar-refractivity contribution >= 4 is 11.7 Å². The summed E-state index contributed by atoms with van der Waals surface area (Å²) in [4.78, 5) is 25.9. The average Bonchev–Trinajstić information content (AvgIpc) is 2.46. The molecule has 1 fully saturated rings. The van der Waals surface area contributed by atoms with E-state index >= 15 is 0 Å². The molecule has 19 heavy (non-hydrogen) atoms. The Morgan fingerprint density at radius 3 is 2.74 bits per heavy atom. The Morgan fingerprint density at radius 2 is 2.05 bits per heavy atom. The second kappa shape index (κ2) is 6.00. The fourth-order valence-electron chi connectivity index (χ4n) is 2.70. The Hall–Kier alpha value is -1.64. The van der Waals surface area contributed by atoms with Crippen molar-refractivity contribution in [3.63, 3.8) is 0 Å². The van der Waals surface area contributed by atoms with Crippen LogP contribution in [0.1, 0.15) is 42.6 Å². The number of carbonyl (C=O) groups is 2. The molecule has 1 heterocycles. The molecule has 0 radical (unpaired) electrons. The third-order valence-electron chi connectivity index (χ3n) is 3.91. The van der Waals surface area contributed by atoms with Crippen LogP contribution in [0.15, 0.2) is 24.3 Å². The summed E-state index contributed by atoms with van der Waals surface area (Å²) in [6.07, 6.45) is 2.69. The maximum atomic E-state index is 12.6. The molecule has 0 spiro atoms. The highest BCUT2D eigenvalue weighted by molar-refractivity contribution is 5.96. The minimum Gasteiger partial charge on any atom is -0.338 e. The van der Waals surface area contributed by atoms with Crippen molar-refractivity contribution in [3.8, 4) is 0 Å². The monoisotopic (exact) mass is 259 g/mol. The number of ketones is 1. The molecule has 0 aliphatic carbocycles. The van der Waals surface area contributed by atoms with Gasteiger partial charge in [-0.15, -0.1) is 0 Å².